The summed E-state index contributed by atoms with van der Waals surface area (Å²) in [6.45, 7) is 1.22. The van der Waals surface area contributed by atoms with E-state index in [9.17, 15) is 18.0 Å². The summed E-state index contributed by atoms with van der Waals surface area (Å²) < 4.78 is 55.0. The lowest BCUT2D eigenvalue weighted by Crippen LogP contribution is -2.28. The van der Waals surface area contributed by atoms with Crippen LogP contribution in [-0.4, -0.2) is 53.7 Å². The number of hydrogen-bond acceptors (Lipinski definition) is 7. The molecule has 0 fully saturated rings. The molecule has 9 nitrogen and oxygen atoms in total. The van der Waals surface area contributed by atoms with Crippen LogP contribution in [0.2, 0.25) is 0 Å². The standard InChI is InChI=1S/C24H23F3N6O3/c1-35-19-5-4-16(20(26)21(19)27)18-13-31-23-22(29-7-9-33(18)23)32-14-2-3-15(17(25)12-14)24(34)30-8-11-36-10-6-28/h2-5,7,9,12-13H,6,8,10-11,28H2,1H3,(H,29,32)(H,30,34). The lowest BCUT2D eigenvalue weighted by atomic mass is 10.1. The van der Waals surface area contributed by atoms with Gasteiger partial charge in [-0.1, -0.05) is 0 Å². The van der Waals surface area contributed by atoms with Crippen LogP contribution in [0, 0.1) is 17.5 Å². The summed E-state index contributed by atoms with van der Waals surface area (Å²) in [5, 5.41) is 5.51. The summed E-state index contributed by atoms with van der Waals surface area (Å²) in [5.74, 6) is -3.49. The molecule has 0 aliphatic carbocycles. The monoisotopic (exact) mass is 500 g/mol. The molecule has 2 heterocycles. The fraction of sp³-hybridized carbons (Fsp3) is 0.208. The number of aromatic nitrogens is 3. The summed E-state index contributed by atoms with van der Waals surface area (Å²) >= 11 is 0. The van der Waals surface area contributed by atoms with Gasteiger partial charge in [-0.3, -0.25) is 9.20 Å². The maximum atomic E-state index is 14.7. The van der Waals surface area contributed by atoms with Gasteiger partial charge in [0.1, 0.15) is 5.82 Å². The van der Waals surface area contributed by atoms with E-state index in [4.69, 9.17) is 15.2 Å². The molecule has 0 aliphatic rings. The number of hydrogen-bond donors (Lipinski definition) is 3. The number of carbonyl (C=O) groups is 1. The molecule has 36 heavy (non-hydrogen) atoms. The highest BCUT2D eigenvalue weighted by atomic mass is 19.2. The number of nitrogens with zero attached hydrogens (tertiary/aromatic N) is 3. The first-order chi connectivity index (χ1) is 17.4. The van der Waals surface area contributed by atoms with Crippen molar-refractivity contribution in [1.29, 1.82) is 0 Å². The molecule has 0 saturated heterocycles. The first-order valence-electron chi connectivity index (χ1n) is 10.9. The van der Waals surface area contributed by atoms with Crippen molar-refractivity contribution in [2.45, 2.75) is 0 Å². The summed E-state index contributed by atoms with van der Waals surface area (Å²) in [6, 6.07) is 6.70. The zero-order chi connectivity index (χ0) is 25.7. The fourth-order valence-electron chi connectivity index (χ4n) is 3.52. The van der Waals surface area contributed by atoms with Crippen LogP contribution in [0.25, 0.3) is 16.9 Å². The Morgan fingerprint density at radius 2 is 1.94 bits per heavy atom. The Morgan fingerprint density at radius 3 is 2.69 bits per heavy atom. The number of nitrogens with one attached hydrogen (secondary N) is 2. The predicted molar refractivity (Wildman–Crippen MR) is 127 cm³/mol. The van der Waals surface area contributed by atoms with Gasteiger partial charge in [0, 0.05) is 36.7 Å². The Kier molecular flexibility index (Phi) is 7.66. The van der Waals surface area contributed by atoms with E-state index < -0.39 is 23.4 Å². The number of rotatable bonds is 10. The van der Waals surface area contributed by atoms with Crippen molar-refractivity contribution in [3.8, 4) is 17.0 Å². The average Bonchev–Trinajstić information content (AvgIpc) is 3.30. The van der Waals surface area contributed by atoms with Crippen molar-refractivity contribution in [2.24, 2.45) is 5.73 Å². The number of anilines is 2. The molecular formula is C24H23F3N6O3. The van der Waals surface area contributed by atoms with Gasteiger partial charge in [-0.2, -0.15) is 4.39 Å². The van der Waals surface area contributed by atoms with Crippen molar-refractivity contribution in [1.82, 2.24) is 19.7 Å². The van der Waals surface area contributed by atoms with Crippen molar-refractivity contribution < 1.29 is 27.4 Å². The number of benzene rings is 2. The van der Waals surface area contributed by atoms with Gasteiger partial charge in [-0.25, -0.2) is 18.7 Å². The lowest BCUT2D eigenvalue weighted by Gasteiger charge is -2.11. The molecule has 0 unspecified atom stereocenters. The Hall–Kier alpha value is -4.16. The van der Waals surface area contributed by atoms with E-state index in [1.54, 1.807) is 0 Å². The molecule has 4 rings (SSSR count). The highest BCUT2D eigenvalue weighted by Gasteiger charge is 2.19. The Balaban J connectivity index is 1.54. The molecule has 1 amide bonds. The van der Waals surface area contributed by atoms with Crippen molar-refractivity contribution in [2.75, 3.05) is 38.7 Å². The van der Waals surface area contributed by atoms with Crippen LogP contribution in [0.5, 0.6) is 5.75 Å². The molecule has 0 bridgehead atoms. The van der Waals surface area contributed by atoms with Crippen molar-refractivity contribution >= 4 is 23.1 Å². The SMILES string of the molecule is COc1ccc(-c2cnc3c(Nc4ccc(C(=O)NCCOCCN)c(F)c4)nccn23)c(F)c1F. The number of fused-ring (bicyclic) bond motifs is 1. The molecular weight excluding hydrogens is 477 g/mol. The van der Waals surface area contributed by atoms with Crippen LogP contribution in [0.1, 0.15) is 10.4 Å². The third kappa shape index (κ3) is 5.09. The molecule has 0 spiro atoms. The molecule has 4 aromatic rings. The molecule has 0 atom stereocenters. The zero-order valence-electron chi connectivity index (χ0n) is 19.2. The largest absolute Gasteiger partial charge is 0.494 e. The molecule has 0 saturated carbocycles. The topological polar surface area (TPSA) is 116 Å². The van der Waals surface area contributed by atoms with Gasteiger partial charge in [0.05, 0.1) is 37.8 Å². The molecule has 12 heteroatoms. The second-order valence-electron chi connectivity index (χ2n) is 7.53. The van der Waals surface area contributed by atoms with E-state index in [0.717, 1.165) is 6.07 Å². The van der Waals surface area contributed by atoms with Gasteiger partial charge in [-0.15, -0.1) is 0 Å². The van der Waals surface area contributed by atoms with Gasteiger partial charge in [0.25, 0.3) is 5.91 Å². The third-order valence-corrected chi connectivity index (χ3v) is 5.24. The van der Waals surface area contributed by atoms with Gasteiger partial charge < -0.3 is 25.8 Å². The first-order valence-corrected chi connectivity index (χ1v) is 10.9. The average molecular weight is 500 g/mol. The number of imidazole rings is 1. The zero-order valence-corrected chi connectivity index (χ0v) is 19.2. The minimum absolute atomic E-state index is 0.0206. The minimum atomic E-state index is -1.11. The summed E-state index contributed by atoms with van der Waals surface area (Å²) in [4.78, 5) is 20.7. The normalized spacial score (nSPS) is 11.0. The molecule has 0 aliphatic heterocycles. The Morgan fingerprint density at radius 1 is 1.11 bits per heavy atom. The summed E-state index contributed by atoms with van der Waals surface area (Å²) in [6.07, 6.45) is 4.34. The van der Waals surface area contributed by atoms with Crippen LogP contribution < -0.4 is 21.1 Å². The number of halogens is 3. The third-order valence-electron chi connectivity index (χ3n) is 5.24. The van der Waals surface area contributed by atoms with Crippen LogP contribution in [0.3, 0.4) is 0 Å². The van der Waals surface area contributed by atoms with Gasteiger partial charge in [-0.05, 0) is 30.3 Å². The van der Waals surface area contributed by atoms with Crippen LogP contribution >= 0.6 is 0 Å². The Bertz CT molecular complexity index is 1400. The van der Waals surface area contributed by atoms with Gasteiger partial charge in [0.15, 0.2) is 23.0 Å². The number of nitrogens with two attached hydrogens (primary N) is 1. The maximum absolute atomic E-state index is 14.7. The number of methoxy groups -OCH3 is 1. The molecule has 2 aromatic carbocycles. The molecule has 2 aromatic heterocycles. The number of carbonyl (C=O) groups excluding carboxylic acids is 1. The quantitative estimate of drug-likeness (QED) is 0.286. The van der Waals surface area contributed by atoms with Crippen LogP contribution in [0.4, 0.5) is 24.7 Å². The van der Waals surface area contributed by atoms with Crippen molar-refractivity contribution in [3.05, 3.63) is 71.9 Å². The maximum Gasteiger partial charge on any atom is 0.254 e. The summed E-state index contributed by atoms with van der Waals surface area (Å²) in [5.41, 5.74) is 6.05. The molecule has 188 valence electrons. The molecule has 0 radical (unpaired) electrons. The second-order valence-corrected chi connectivity index (χ2v) is 7.53. The Labute approximate surface area is 204 Å². The summed E-state index contributed by atoms with van der Waals surface area (Å²) in [7, 11) is 1.25. The lowest BCUT2D eigenvalue weighted by molar-refractivity contribution is 0.0916. The fourth-order valence-corrected chi connectivity index (χ4v) is 3.52. The van der Waals surface area contributed by atoms with E-state index >= 15 is 0 Å². The van der Waals surface area contributed by atoms with Crippen LogP contribution in [0.15, 0.2) is 48.9 Å². The van der Waals surface area contributed by atoms with Gasteiger partial charge in [0.2, 0.25) is 5.82 Å². The van der Waals surface area contributed by atoms with Gasteiger partial charge >= 0.3 is 0 Å². The van der Waals surface area contributed by atoms with Crippen LogP contribution in [-0.2, 0) is 4.74 Å². The minimum Gasteiger partial charge on any atom is -0.494 e. The van der Waals surface area contributed by atoms with E-state index in [0.29, 0.717) is 24.5 Å². The van der Waals surface area contributed by atoms with E-state index in [1.165, 1.54) is 54.4 Å². The first kappa shape index (κ1) is 24.9. The number of ether oxygens (including phenoxy) is 2. The smallest absolute Gasteiger partial charge is 0.254 e. The van der Waals surface area contributed by atoms with E-state index in [2.05, 4.69) is 20.6 Å². The molecule has 4 N–H and O–H groups in total. The highest BCUT2D eigenvalue weighted by Crippen LogP contribution is 2.31. The number of amides is 1. The van der Waals surface area contributed by atoms with E-state index in [1.807, 2.05) is 0 Å². The second kappa shape index (κ2) is 11.1. The van der Waals surface area contributed by atoms with E-state index in [-0.39, 0.29) is 41.5 Å². The van der Waals surface area contributed by atoms with Crippen molar-refractivity contribution in [3.63, 3.8) is 0 Å². The predicted octanol–water partition coefficient (Wildman–Crippen LogP) is 3.27. The highest BCUT2D eigenvalue weighted by molar-refractivity contribution is 5.95.